The van der Waals surface area contributed by atoms with Crippen molar-refractivity contribution < 1.29 is 9.18 Å². The van der Waals surface area contributed by atoms with Crippen LogP contribution in [0.4, 0.5) is 4.39 Å². The van der Waals surface area contributed by atoms with Gasteiger partial charge < -0.3 is 11.1 Å². The Hall–Kier alpha value is -1.42. The van der Waals surface area contributed by atoms with Crippen molar-refractivity contribution in [3.05, 3.63) is 35.1 Å². The fourth-order valence-electron chi connectivity index (χ4n) is 1.51. The highest BCUT2D eigenvalue weighted by Gasteiger charge is 2.35. The van der Waals surface area contributed by atoms with Crippen LogP contribution in [0, 0.1) is 12.7 Å². The van der Waals surface area contributed by atoms with Crippen molar-refractivity contribution in [3.8, 4) is 0 Å². The molecular weight excluding hydrogens is 195 g/mol. The molecule has 1 amide bonds. The van der Waals surface area contributed by atoms with Crippen molar-refractivity contribution in [2.75, 3.05) is 0 Å². The van der Waals surface area contributed by atoms with Crippen LogP contribution in [0.5, 0.6) is 0 Å². The van der Waals surface area contributed by atoms with E-state index < -0.39 is 0 Å². The standard InChI is InChI=1S/C11H13FN2O/c1-6-4-7(12)2-3-8(6)11(15)14-10-5-9(10)13/h2-4,9-10H,5,13H2,1H3,(H,14,15). The molecule has 15 heavy (non-hydrogen) atoms. The molecular formula is C11H13FN2O. The predicted octanol–water partition coefficient (Wildman–Crippen LogP) is 0.964. The lowest BCUT2D eigenvalue weighted by Gasteiger charge is -2.06. The highest BCUT2D eigenvalue weighted by Crippen LogP contribution is 2.19. The van der Waals surface area contributed by atoms with Crippen molar-refractivity contribution in [1.82, 2.24) is 5.32 Å². The second-order valence-electron chi connectivity index (χ2n) is 3.94. The molecule has 80 valence electrons. The van der Waals surface area contributed by atoms with Crippen molar-refractivity contribution in [3.63, 3.8) is 0 Å². The van der Waals surface area contributed by atoms with Gasteiger partial charge in [0.1, 0.15) is 5.82 Å². The number of benzene rings is 1. The number of carbonyl (C=O) groups is 1. The van der Waals surface area contributed by atoms with Crippen molar-refractivity contribution in [2.45, 2.75) is 25.4 Å². The Morgan fingerprint density at radius 1 is 1.60 bits per heavy atom. The zero-order valence-corrected chi connectivity index (χ0v) is 8.46. The normalized spacial score (nSPS) is 23.7. The van der Waals surface area contributed by atoms with Crippen molar-refractivity contribution in [2.24, 2.45) is 5.73 Å². The second-order valence-corrected chi connectivity index (χ2v) is 3.94. The van der Waals surface area contributed by atoms with Gasteiger partial charge in [-0.3, -0.25) is 4.79 Å². The second kappa shape index (κ2) is 3.62. The molecule has 0 spiro atoms. The summed E-state index contributed by atoms with van der Waals surface area (Å²) in [6, 6.07) is 4.29. The van der Waals surface area contributed by atoms with Crippen LogP contribution in [0.25, 0.3) is 0 Å². The quantitative estimate of drug-likeness (QED) is 0.760. The van der Waals surface area contributed by atoms with Gasteiger partial charge in [0.05, 0.1) is 0 Å². The summed E-state index contributed by atoms with van der Waals surface area (Å²) in [6.45, 7) is 1.71. The summed E-state index contributed by atoms with van der Waals surface area (Å²) in [6.07, 6.45) is 0.825. The first-order valence-corrected chi connectivity index (χ1v) is 4.90. The van der Waals surface area contributed by atoms with E-state index in [2.05, 4.69) is 5.32 Å². The van der Waals surface area contributed by atoms with Crippen LogP contribution in [0.2, 0.25) is 0 Å². The molecule has 1 fully saturated rings. The number of nitrogens with two attached hydrogens (primary N) is 1. The summed E-state index contributed by atoms with van der Waals surface area (Å²) in [5.74, 6) is -0.502. The maximum atomic E-state index is 12.8. The topological polar surface area (TPSA) is 55.1 Å². The molecule has 2 atom stereocenters. The maximum Gasteiger partial charge on any atom is 0.251 e. The minimum atomic E-state index is -0.327. The predicted molar refractivity (Wildman–Crippen MR) is 55.0 cm³/mol. The van der Waals surface area contributed by atoms with Gasteiger partial charge >= 0.3 is 0 Å². The SMILES string of the molecule is Cc1cc(F)ccc1C(=O)NC1CC1N. The summed E-state index contributed by atoms with van der Waals surface area (Å²) in [5.41, 5.74) is 6.73. The van der Waals surface area contributed by atoms with E-state index in [1.807, 2.05) is 0 Å². The van der Waals surface area contributed by atoms with E-state index >= 15 is 0 Å². The smallest absolute Gasteiger partial charge is 0.251 e. The Labute approximate surface area is 87.5 Å². The number of hydrogen-bond acceptors (Lipinski definition) is 2. The molecule has 4 heteroatoms. The summed E-state index contributed by atoms with van der Waals surface area (Å²) in [7, 11) is 0. The van der Waals surface area contributed by atoms with Gasteiger partial charge in [0.25, 0.3) is 5.91 Å². The molecule has 2 unspecified atom stereocenters. The first-order chi connectivity index (χ1) is 7.08. The molecule has 1 aliphatic rings. The molecule has 3 N–H and O–H groups in total. The van der Waals surface area contributed by atoms with E-state index in [4.69, 9.17) is 5.73 Å². The average molecular weight is 208 g/mol. The third kappa shape index (κ3) is 2.15. The van der Waals surface area contributed by atoms with Crippen LogP contribution >= 0.6 is 0 Å². The van der Waals surface area contributed by atoms with Crippen LogP contribution in [0.1, 0.15) is 22.3 Å². The Bertz CT molecular complexity index is 406. The first-order valence-electron chi connectivity index (χ1n) is 4.90. The van der Waals surface area contributed by atoms with E-state index in [-0.39, 0.29) is 23.8 Å². The van der Waals surface area contributed by atoms with Gasteiger partial charge in [-0.2, -0.15) is 0 Å². The Balaban J connectivity index is 2.11. The number of halogens is 1. The number of carbonyl (C=O) groups excluding carboxylic acids is 1. The number of nitrogens with one attached hydrogen (secondary N) is 1. The highest BCUT2D eigenvalue weighted by molar-refractivity contribution is 5.96. The lowest BCUT2D eigenvalue weighted by atomic mass is 10.1. The average Bonchev–Trinajstić information content (AvgIpc) is 2.81. The van der Waals surface area contributed by atoms with Crippen LogP contribution in [-0.2, 0) is 0 Å². The van der Waals surface area contributed by atoms with Crippen LogP contribution in [-0.4, -0.2) is 18.0 Å². The summed E-state index contributed by atoms with van der Waals surface area (Å²) in [5, 5.41) is 2.79. The van der Waals surface area contributed by atoms with Crippen LogP contribution in [0.3, 0.4) is 0 Å². The molecule has 0 radical (unpaired) electrons. The van der Waals surface area contributed by atoms with Crippen LogP contribution < -0.4 is 11.1 Å². The zero-order chi connectivity index (χ0) is 11.0. The lowest BCUT2D eigenvalue weighted by Crippen LogP contribution is -2.30. The molecule has 1 aromatic carbocycles. The van der Waals surface area contributed by atoms with Gasteiger partial charge in [-0.05, 0) is 37.1 Å². The van der Waals surface area contributed by atoms with E-state index in [1.165, 1.54) is 18.2 Å². The van der Waals surface area contributed by atoms with E-state index in [9.17, 15) is 9.18 Å². The number of hydrogen-bond donors (Lipinski definition) is 2. The lowest BCUT2D eigenvalue weighted by molar-refractivity contribution is 0.0949. The molecule has 2 rings (SSSR count). The van der Waals surface area contributed by atoms with E-state index in [1.54, 1.807) is 6.92 Å². The molecule has 1 saturated carbocycles. The molecule has 0 aromatic heterocycles. The highest BCUT2D eigenvalue weighted by atomic mass is 19.1. The van der Waals surface area contributed by atoms with Gasteiger partial charge in [0.15, 0.2) is 0 Å². The molecule has 3 nitrogen and oxygen atoms in total. The Morgan fingerprint density at radius 2 is 2.27 bits per heavy atom. The zero-order valence-electron chi connectivity index (χ0n) is 8.46. The fraction of sp³-hybridized carbons (Fsp3) is 0.364. The summed E-state index contributed by atoms with van der Waals surface area (Å²) < 4.78 is 12.8. The molecule has 0 bridgehead atoms. The Kier molecular flexibility index (Phi) is 2.44. The van der Waals surface area contributed by atoms with Gasteiger partial charge in [-0.15, -0.1) is 0 Å². The summed E-state index contributed by atoms with van der Waals surface area (Å²) >= 11 is 0. The third-order valence-electron chi connectivity index (χ3n) is 2.59. The van der Waals surface area contributed by atoms with E-state index in [0.29, 0.717) is 11.1 Å². The fourth-order valence-corrected chi connectivity index (χ4v) is 1.51. The monoisotopic (exact) mass is 208 g/mol. The van der Waals surface area contributed by atoms with Crippen LogP contribution in [0.15, 0.2) is 18.2 Å². The molecule has 0 heterocycles. The molecule has 1 aromatic rings. The van der Waals surface area contributed by atoms with Gasteiger partial charge in [-0.25, -0.2) is 4.39 Å². The van der Waals surface area contributed by atoms with Crippen molar-refractivity contribution in [1.29, 1.82) is 0 Å². The van der Waals surface area contributed by atoms with Gasteiger partial charge in [0.2, 0.25) is 0 Å². The molecule has 0 aliphatic heterocycles. The maximum absolute atomic E-state index is 12.8. The van der Waals surface area contributed by atoms with Gasteiger partial charge in [-0.1, -0.05) is 0 Å². The Morgan fingerprint density at radius 3 is 2.80 bits per heavy atom. The summed E-state index contributed by atoms with van der Waals surface area (Å²) in [4.78, 5) is 11.7. The largest absolute Gasteiger partial charge is 0.348 e. The molecule has 1 aliphatic carbocycles. The number of amides is 1. The number of rotatable bonds is 2. The minimum Gasteiger partial charge on any atom is -0.348 e. The third-order valence-corrected chi connectivity index (χ3v) is 2.59. The van der Waals surface area contributed by atoms with E-state index in [0.717, 1.165) is 6.42 Å². The molecule has 0 saturated heterocycles. The minimum absolute atomic E-state index is 0.0784. The van der Waals surface area contributed by atoms with Gasteiger partial charge in [0, 0.05) is 17.6 Å². The first kappa shape index (κ1) is 10.1. The van der Waals surface area contributed by atoms with Crippen molar-refractivity contribution >= 4 is 5.91 Å². The number of aryl methyl sites for hydroxylation is 1.